The second kappa shape index (κ2) is 8.78. The lowest BCUT2D eigenvalue weighted by Gasteiger charge is -2.42. The Kier molecular flexibility index (Phi) is 5.93. The topological polar surface area (TPSA) is 61.3 Å². The zero-order valence-corrected chi connectivity index (χ0v) is 19.1. The van der Waals surface area contributed by atoms with Crippen LogP contribution >= 0.6 is 11.6 Å². The fourth-order valence-corrected chi connectivity index (χ4v) is 5.51. The van der Waals surface area contributed by atoms with Crippen LogP contribution in [0.5, 0.6) is 0 Å². The first-order valence-electron chi connectivity index (χ1n) is 11.3. The largest absolute Gasteiger partial charge is 0.416 e. The summed E-state index contributed by atoms with van der Waals surface area (Å²) in [6.07, 6.45) is -1.65. The van der Waals surface area contributed by atoms with Gasteiger partial charge in [0.15, 0.2) is 0 Å². The summed E-state index contributed by atoms with van der Waals surface area (Å²) in [4.78, 5) is 32.6. The number of fused-ring (bicyclic) bond motifs is 3. The molecule has 2 aliphatic heterocycles. The predicted molar refractivity (Wildman–Crippen MR) is 126 cm³/mol. The molecule has 3 aromatic rings. The first kappa shape index (κ1) is 23.0. The molecule has 180 valence electrons. The van der Waals surface area contributed by atoms with Gasteiger partial charge in [0.1, 0.15) is 0 Å². The van der Waals surface area contributed by atoms with Gasteiger partial charge < -0.3 is 9.88 Å². The molecule has 2 aliphatic rings. The number of anilines is 1. The second-order valence-corrected chi connectivity index (χ2v) is 9.38. The molecule has 2 saturated heterocycles. The van der Waals surface area contributed by atoms with Gasteiger partial charge >= 0.3 is 11.9 Å². The van der Waals surface area contributed by atoms with E-state index in [9.17, 15) is 22.8 Å². The SMILES string of the molecule is O=c1[nH]c2c(Cl)cccc2c(=O)n1CCCN1C2CCC1CN(c1ccc(C(F)(F)F)cc1)C2. The molecular formula is C24H24ClF3N4O2. The summed E-state index contributed by atoms with van der Waals surface area (Å²) >= 11 is 6.10. The smallest absolute Gasteiger partial charge is 0.368 e. The Bertz CT molecular complexity index is 1310. The molecule has 1 N–H and O–H groups in total. The van der Waals surface area contributed by atoms with Gasteiger partial charge in [-0.05, 0) is 55.7 Å². The number of nitrogens with zero attached hydrogens (tertiary/aromatic N) is 3. The van der Waals surface area contributed by atoms with E-state index < -0.39 is 17.4 Å². The van der Waals surface area contributed by atoms with Crippen LogP contribution in [0.1, 0.15) is 24.8 Å². The number of H-pyrrole nitrogens is 1. The quantitative estimate of drug-likeness (QED) is 0.582. The van der Waals surface area contributed by atoms with E-state index in [1.165, 1.54) is 4.57 Å². The Hall–Kier alpha value is -2.78. The highest BCUT2D eigenvalue weighted by atomic mass is 35.5. The van der Waals surface area contributed by atoms with Crippen LogP contribution in [0.15, 0.2) is 52.1 Å². The maximum Gasteiger partial charge on any atom is 0.416 e. The van der Waals surface area contributed by atoms with Gasteiger partial charge in [-0.15, -0.1) is 0 Å². The van der Waals surface area contributed by atoms with Gasteiger partial charge in [-0.3, -0.25) is 14.3 Å². The molecule has 0 aliphatic carbocycles. The van der Waals surface area contributed by atoms with Crippen LogP contribution in [-0.4, -0.2) is 46.2 Å². The Morgan fingerprint density at radius 3 is 2.29 bits per heavy atom. The number of halogens is 4. The highest BCUT2D eigenvalue weighted by Gasteiger charge is 2.39. The lowest BCUT2D eigenvalue weighted by molar-refractivity contribution is -0.137. The van der Waals surface area contributed by atoms with Crippen molar-refractivity contribution in [2.75, 3.05) is 24.5 Å². The van der Waals surface area contributed by atoms with Crippen molar-refractivity contribution in [2.24, 2.45) is 0 Å². The number of para-hydroxylation sites is 1. The fourth-order valence-electron chi connectivity index (χ4n) is 5.28. The molecule has 6 nitrogen and oxygen atoms in total. The summed E-state index contributed by atoms with van der Waals surface area (Å²) in [5, 5.41) is 0.721. The number of hydrogen-bond acceptors (Lipinski definition) is 4. The molecule has 3 heterocycles. The maximum atomic E-state index is 12.9. The zero-order chi connectivity index (χ0) is 24.0. The van der Waals surface area contributed by atoms with E-state index in [0.717, 1.165) is 50.3 Å². The Labute approximate surface area is 198 Å². The number of aromatic nitrogens is 2. The van der Waals surface area contributed by atoms with Crippen molar-refractivity contribution in [3.63, 3.8) is 0 Å². The summed E-state index contributed by atoms with van der Waals surface area (Å²) in [5.41, 5.74) is -0.304. The van der Waals surface area contributed by atoms with Crippen molar-refractivity contribution in [3.05, 3.63) is 73.9 Å². The van der Waals surface area contributed by atoms with Crippen LogP contribution < -0.4 is 16.1 Å². The van der Waals surface area contributed by atoms with Crippen molar-refractivity contribution in [2.45, 2.75) is 44.1 Å². The standard InChI is InChI=1S/C24H24ClF3N4O2/c25-20-4-1-3-19-21(20)29-23(34)32(22(19)33)12-2-11-31-17-9-10-18(31)14-30(13-17)16-7-5-15(6-8-16)24(26,27)28/h1,3-8,17-18H,2,9-14H2,(H,29,34). The molecule has 0 saturated carbocycles. The lowest BCUT2D eigenvalue weighted by Crippen LogP contribution is -2.54. The summed E-state index contributed by atoms with van der Waals surface area (Å²) in [6, 6.07) is 10.9. The molecule has 2 atom stereocenters. The molecule has 2 unspecified atom stereocenters. The van der Waals surface area contributed by atoms with Crippen molar-refractivity contribution in [1.29, 1.82) is 0 Å². The van der Waals surface area contributed by atoms with Crippen LogP contribution in [0.4, 0.5) is 18.9 Å². The molecule has 0 amide bonds. The van der Waals surface area contributed by atoms with Gasteiger partial charge in [-0.2, -0.15) is 13.2 Å². The third kappa shape index (κ3) is 4.22. The highest BCUT2D eigenvalue weighted by molar-refractivity contribution is 6.34. The normalized spacial score (nSPS) is 20.9. The minimum absolute atomic E-state index is 0.298. The Morgan fingerprint density at radius 1 is 0.971 bits per heavy atom. The number of nitrogens with one attached hydrogen (secondary N) is 1. The lowest BCUT2D eigenvalue weighted by atomic mass is 10.1. The van der Waals surface area contributed by atoms with Crippen LogP contribution in [0.3, 0.4) is 0 Å². The van der Waals surface area contributed by atoms with Gasteiger partial charge in [-0.1, -0.05) is 17.7 Å². The van der Waals surface area contributed by atoms with E-state index in [0.29, 0.717) is 41.0 Å². The average molecular weight is 493 g/mol. The molecule has 2 aromatic carbocycles. The van der Waals surface area contributed by atoms with Gasteiger partial charge in [-0.25, -0.2) is 4.79 Å². The van der Waals surface area contributed by atoms with E-state index in [1.54, 1.807) is 30.3 Å². The minimum Gasteiger partial charge on any atom is -0.368 e. The van der Waals surface area contributed by atoms with Gasteiger partial charge in [0.2, 0.25) is 0 Å². The van der Waals surface area contributed by atoms with Crippen LogP contribution in [-0.2, 0) is 12.7 Å². The van der Waals surface area contributed by atoms with Gasteiger partial charge in [0.25, 0.3) is 5.56 Å². The van der Waals surface area contributed by atoms with Crippen molar-refractivity contribution >= 4 is 28.2 Å². The van der Waals surface area contributed by atoms with E-state index in [2.05, 4.69) is 14.8 Å². The van der Waals surface area contributed by atoms with E-state index in [4.69, 9.17) is 11.6 Å². The first-order chi connectivity index (χ1) is 16.2. The van der Waals surface area contributed by atoms with Crippen LogP contribution in [0.25, 0.3) is 10.9 Å². The van der Waals surface area contributed by atoms with Crippen molar-refractivity contribution in [1.82, 2.24) is 14.5 Å². The van der Waals surface area contributed by atoms with E-state index in [-0.39, 0.29) is 5.56 Å². The number of alkyl halides is 3. The second-order valence-electron chi connectivity index (χ2n) is 8.98. The molecule has 10 heteroatoms. The molecular weight excluding hydrogens is 469 g/mol. The molecule has 1 aromatic heterocycles. The molecule has 0 radical (unpaired) electrons. The summed E-state index contributed by atoms with van der Waals surface area (Å²) in [7, 11) is 0. The summed E-state index contributed by atoms with van der Waals surface area (Å²) < 4.78 is 39.8. The van der Waals surface area contributed by atoms with E-state index >= 15 is 0 Å². The van der Waals surface area contributed by atoms with Gasteiger partial charge in [0.05, 0.1) is 21.5 Å². The van der Waals surface area contributed by atoms with Gasteiger partial charge in [0, 0.05) is 44.0 Å². The van der Waals surface area contributed by atoms with Crippen LogP contribution in [0.2, 0.25) is 5.02 Å². The summed E-state index contributed by atoms with van der Waals surface area (Å²) in [5.74, 6) is 0. The number of piperazine rings is 1. The zero-order valence-electron chi connectivity index (χ0n) is 18.3. The number of hydrogen-bond donors (Lipinski definition) is 1. The fraction of sp³-hybridized carbons (Fsp3) is 0.417. The van der Waals surface area contributed by atoms with Crippen molar-refractivity contribution in [3.8, 4) is 0 Å². The van der Waals surface area contributed by atoms with Crippen molar-refractivity contribution < 1.29 is 13.2 Å². The first-order valence-corrected chi connectivity index (χ1v) is 11.7. The molecule has 5 rings (SSSR count). The molecule has 2 fully saturated rings. The third-order valence-corrected chi connectivity index (χ3v) is 7.27. The van der Waals surface area contributed by atoms with Crippen LogP contribution in [0, 0.1) is 0 Å². The summed E-state index contributed by atoms with van der Waals surface area (Å²) in [6.45, 7) is 2.54. The molecule has 2 bridgehead atoms. The minimum atomic E-state index is -4.34. The number of rotatable bonds is 5. The Balaban J connectivity index is 1.24. The third-order valence-electron chi connectivity index (χ3n) is 6.96. The van der Waals surface area contributed by atoms with E-state index in [1.807, 2.05) is 0 Å². The molecule has 34 heavy (non-hydrogen) atoms. The maximum absolute atomic E-state index is 12.9. The predicted octanol–water partition coefficient (Wildman–Crippen LogP) is 4.11. The Morgan fingerprint density at radius 2 is 1.65 bits per heavy atom. The average Bonchev–Trinajstić information content (AvgIpc) is 3.03. The number of aromatic amines is 1. The number of benzene rings is 2. The molecule has 0 spiro atoms. The monoisotopic (exact) mass is 492 g/mol. The highest BCUT2D eigenvalue weighted by Crippen LogP contribution is 2.34.